The summed E-state index contributed by atoms with van der Waals surface area (Å²) in [6, 6.07) is 8.00. The Hall–Kier alpha value is -1.85. The summed E-state index contributed by atoms with van der Waals surface area (Å²) < 4.78 is 5.23. The van der Waals surface area contributed by atoms with Gasteiger partial charge in [-0.15, -0.1) is 0 Å². The molecule has 0 atom stereocenters. The van der Waals surface area contributed by atoms with E-state index in [4.69, 9.17) is 9.84 Å². The summed E-state index contributed by atoms with van der Waals surface area (Å²) >= 11 is 0. The SMILES string of the molecule is CNc1nc2cc(OC)ccc2cc1CN(C)CCO. The topological polar surface area (TPSA) is 57.6 Å². The Labute approximate surface area is 119 Å². The van der Waals surface area contributed by atoms with Gasteiger partial charge < -0.3 is 15.2 Å². The van der Waals surface area contributed by atoms with E-state index in [-0.39, 0.29) is 6.61 Å². The molecule has 0 unspecified atom stereocenters. The highest BCUT2D eigenvalue weighted by molar-refractivity contribution is 5.83. The molecule has 0 bridgehead atoms. The number of anilines is 1. The Balaban J connectivity index is 2.39. The maximum atomic E-state index is 8.98. The van der Waals surface area contributed by atoms with Crippen molar-refractivity contribution >= 4 is 16.7 Å². The molecule has 0 saturated carbocycles. The number of hydrogen-bond acceptors (Lipinski definition) is 5. The van der Waals surface area contributed by atoms with Crippen molar-refractivity contribution in [3.05, 3.63) is 29.8 Å². The zero-order valence-electron chi connectivity index (χ0n) is 12.2. The first-order valence-corrected chi connectivity index (χ1v) is 6.62. The Morgan fingerprint density at radius 2 is 2.15 bits per heavy atom. The van der Waals surface area contributed by atoms with Crippen LogP contribution in [0, 0.1) is 0 Å². The van der Waals surface area contributed by atoms with Crippen LogP contribution < -0.4 is 10.1 Å². The van der Waals surface area contributed by atoms with Crippen LogP contribution in [0.1, 0.15) is 5.56 Å². The number of ether oxygens (including phenoxy) is 1. The number of aromatic nitrogens is 1. The number of aliphatic hydroxyl groups excluding tert-OH is 1. The molecule has 5 heteroatoms. The molecule has 0 saturated heterocycles. The number of benzene rings is 1. The van der Waals surface area contributed by atoms with Gasteiger partial charge in [0.05, 0.1) is 19.2 Å². The van der Waals surface area contributed by atoms with Gasteiger partial charge in [-0.25, -0.2) is 4.98 Å². The molecule has 1 aromatic heterocycles. The van der Waals surface area contributed by atoms with Crippen molar-refractivity contribution < 1.29 is 9.84 Å². The predicted molar refractivity (Wildman–Crippen MR) is 81.3 cm³/mol. The second-order valence-electron chi connectivity index (χ2n) is 4.77. The average molecular weight is 275 g/mol. The zero-order valence-corrected chi connectivity index (χ0v) is 12.2. The third-order valence-electron chi connectivity index (χ3n) is 3.26. The van der Waals surface area contributed by atoms with E-state index in [1.54, 1.807) is 7.11 Å². The lowest BCUT2D eigenvalue weighted by molar-refractivity contribution is 0.217. The Bertz CT molecular complexity index is 587. The average Bonchev–Trinajstić information content (AvgIpc) is 2.46. The van der Waals surface area contributed by atoms with Gasteiger partial charge in [0.2, 0.25) is 0 Å². The van der Waals surface area contributed by atoms with Crippen LogP contribution in [0.5, 0.6) is 5.75 Å². The van der Waals surface area contributed by atoms with Gasteiger partial charge in [0.1, 0.15) is 11.6 Å². The number of nitrogens with one attached hydrogen (secondary N) is 1. The minimum Gasteiger partial charge on any atom is -0.497 e. The van der Waals surface area contributed by atoms with E-state index in [0.717, 1.165) is 34.6 Å². The second kappa shape index (κ2) is 6.54. The molecule has 0 spiro atoms. The van der Waals surface area contributed by atoms with Gasteiger partial charge in [-0.3, -0.25) is 4.90 Å². The van der Waals surface area contributed by atoms with Crippen LogP contribution in [0.15, 0.2) is 24.3 Å². The maximum absolute atomic E-state index is 8.98. The van der Waals surface area contributed by atoms with E-state index in [9.17, 15) is 0 Å². The lowest BCUT2D eigenvalue weighted by atomic mass is 10.1. The van der Waals surface area contributed by atoms with Crippen molar-refractivity contribution in [3.63, 3.8) is 0 Å². The quantitative estimate of drug-likeness (QED) is 0.840. The minimum atomic E-state index is 0.156. The van der Waals surface area contributed by atoms with E-state index in [1.165, 1.54) is 0 Å². The molecular weight excluding hydrogens is 254 g/mol. The summed E-state index contributed by atoms with van der Waals surface area (Å²) in [6.45, 7) is 1.54. The molecule has 2 N–H and O–H groups in total. The summed E-state index contributed by atoms with van der Waals surface area (Å²) in [5.41, 5.74) is 2.02. The van der Waals surface area contributed by atoms with E-state index >= 15 is 0 Å². The number of hydrogen-bond donors (Lipinski definition) is 2. The maximum Gasteiger partial charge on any atom is 0.130 e. The monoisotopic (exact) mass is 275 g/mol. The first-order valence-electron chi connectivity index (χ1n) is 6.62. The van der Waals surface area contributed by atoms with Gasteiger partial charge in [0, 0.05) is 37.2 Å². The molecule has 0 radical (unpaired) electrons. The van der Waals surface area contributed by atoms with Crippen molar-refractivity contribution in [1.82, 2.24) is 9.88 Å². The molecule has 108 valence electrons. The van der Waals surface area contributed by atoms with Crippen LogP contribution in [0.4, 0.5) is 5.82 Å². The summed E-state index contributed by atoms with van der Waals surface area (Å²) in [5, 5.41) is 13.2. The van der Waals surface area contributed by atoms with Crippen LogP contribution in [-0.4, -0.2) is 49.3 Å². The predicted octanol–water partition coefficient (Wildman–Crippen LogP) is 1.71. The summed E-state index contributed by atoms with van der Waals surface area (Å²) in [6.07, 6.45) is 0. The van der Waals surface area contributed by atoms with E-state index < -0.39 is 0 Å². The summed E-state index contributed by atoms with van der Waals surface area (Å²) in [7, 11) is 5.50. The lowest BCUT2D eigenvalue weighted by Gasteiger charge is -2.18. The highest BCUT2D eigenvalue weighted by atomic mass is 16.5. The summed E-state index contributed by atoms with van der Waals surface area (Å²) in [4.78, 5) is 6.70. The van der Waals surface area contributed by atoms with Crippen LogP contribution in [0.25, 0.3) is 10.9 Å². The lowest BCUT2D eigenvalue weighted by Crippen LogP contribution is -2.22. The van der Waals surface area contributed by atoms with Crippen molar-refractivity contribution in [1.29, 1.82) is 0 Å². The number of rotatable bonds is 6. The van der Waals surface area contributed by atoms with Crippen LogP contribution in [0.2, 0.25) is 0 Å². The third kappa shape index (κ3) is 3.18. The summed E-state index contributed by atoms with van der Waals surface area (Å²) in [5.74, 6) is 1.66. The fourth-order valence-electron chi connectivity index (χ4n) is 2.20. The smallest absolute Gasteiger partial charge is 0.130 e. The number of fused-ring (bicyclic) bond motifs is 1. The standard InChI is InChI=1S/C15H21N3O2/c1-16-15-12(10-18(2)6-7-19)8-11-4-5-13(20-3)9-14(11)17-15/h4-5,8-9,19H,6-7,10H2,1-3H3,(H,16,17). The van der Waals surface area contributed by atoms with E-state index in [1.807, 2.05) is 32.3 Å². The van der Waals surface area contributed by atoms with Crippen molar-refractivity contribution in [2.75, 3.05) is 39.7 Å². The van der Waals surface area contributed by atoms with Crippen LogP contribution in [-0.2, 0) is 6.54 Å². The number of aliphatic hydroxyl groups is 1. The van der Waals surface area contributed by atoms with Gasteiger partial charge in [-0.1, -0.05) is 0 Å². The molecule has 1 aromatic carbocycles. The minimum absolute atomic E-state index is 0.156. The molecule has 0 amide bonds. The molecule has 1 heterocycles. The third-order valence-corrected chi connectivity index (χ3v) is 3.26. The molecule has 0 aliphatic heterocycles. The highest BCUT2D eigenvalue weighted by Gasteiger charge is 2.09. The van der Waals surface area contributed by atoms with Crippen LogP contribution in [0.3, 0.4) is 0 Å². The first kappa shape index (κ1) is 14.6. The second-order valence-corrected chi connectivity index (χ2v) is 4.77. The van der Waals surface area contributed by atoms with Crippen molar-refractivity contribution in [3.8, 4) is 5.75 Å². The molecule has 2 rings (SSSR count). The molecule has 0 fully saturated rings. The first-order chi connectivity index (χ1) is 9.67. The van der Waals surface area contributed by atoms with Crippen LogP contribution >= 0.6 is 0 Å². The number of methoxy groups -OCH3 is 1. The Kier molecular flexibility index (Phi) is 4.76. The number of pyridine rings is 1. The molecule has 0 aliphatic carbocycles. The fraction of sp³-hybridized carbons (Fsp3) is 0.400. The number of likely N-dealkylation sites (N-methyl/N-ethyl adjacent to an activating group) is 1. The number of nitrogens with zero attached hydrogens (tertiary/aromatic N) is 2. The van der Waals surface area contributed by atoms with Crippen molar-refractivity contribution in [2.45, 2.75) is 6.54 Å². The van der Waals surface area contributed by atoms with Gasteiger partial charge in [0.15, 0.2) is 0 Å². The molecule has 2 aromatic rings. The molecule has 5 nitrogen and oxygen atoms in total. The molecule has 0 aliphatic rings. The Morgan fingerprint density at radius 3 is 2.80 bits per heavy atom. The fourth-order valence-corrected chi connectivity index (χ4v) is 2.20. The normalized spacial score (nSPS) is 11.1. The van der Waals surface area contributed by atoms with Gasteiger partial charge in [-0.2, -0.15) is 0 Å². The van der Waals surface area contributed by atoms with Gasteiger partial charge >= 0.3 is 0 Å². The largest absolute Gasteiger partial charge is 0.497 e. The zero-order chi connectivity index (χ0) is 14.5. The van der Waals surface area contributed by atoms with E-state index in [2.05, 4.69) is 21.3 Å². The molecular formula is C15H21N3O2. The molecule has 20 heavy (non-hydrogen) atoms. The van der Waals surface area contributed by atoms with Crippen molar-refractivity contribution in [2.24, 2.45) is 0 Å². The van der Waals surface area contributed by atoms with Gasteiger partial charge in [0.25, 0.3) is 0 Å². The Morgan fingerprint density at radius 1 is 1.35 bits per heavy atom. The van der Waals surface area contributed by atoms with Gasteiger partial charge in [-0.05, 0) is 25.2 Å². The highest BCUT2D eigenvalue weighted by Crippen LogP contribution is 2.24. The van der Waals surface area contributed by atoms with E-state index in [0.29, 0.717) is 6.54 Å².